The molecule has 1 nitrogen and oxygen atoms in total. The summed E-state index contributed by atoms with van der Waals surface area (Å²) in [7, 11) is 0. The van der Waals surface area contributed by atoms with Gasteiger partial charge in [-0.25, -0.2) is 0 Å². The Balaban J connectivity index is 2.31. The summed E-state index contributed by atoms with van der Waals surface area (Å²) in [5, 5.41) is 3.20. The van der Waals surface area contributed by atoms with E-state index < -0.39 is 11.7 Å². The van der Waals surface area contributed by atoms with Crippen molar-refractivity contribution in [3.63, 3.8) is 0 Å². The topological polar surface area (TPSA) is 12.0 Å². The lowest BCUT2D eigenvalue weighted by molar-refractivity contribution is -0.137. The molecule has 0 fully saturated rings. The highest BCUT2D eigenvalue weighted by Crippen LogP contribution is 2.29. The minimum atomic E-state index is -4.26. The third kappa shape index (κ3) is 6.31. The molecule has 0 bridgehead atoms. The Labute approximate surface area is 119 Å². The van der Waals surface area contributed by atoms with Crippen LogP contribution in [0.25, 0.3) is 0 Å². The van der Waals surface area contributed by atoms with Crippen molar-refractivity contribution in [1.29, 1.82) is 0 Å². The predicted octanol–water partition coefficient (Wildman–Crippen LogP) is 5.72. The quantitative estimate of drug-likeness (QED) is 0.603. The number of alkyl halides is 3. The lowest BCUT2D eigenvalue weighted by Crippen LogP contribution is -2.11. The summed E-state index contributed by atoms with van der Waals surface area (Å²) in [4.78, 5) is 0. The fourth-order valence-corrected chi connectivity index (χ4v) is 2.09. The van der Waals surface area contributed by atoms with Gasteiger partial charge in [-0.1, -0.05) is 39.5 Å². The molecule has 1 aromatic carbocycles. The van der Waals surface area contributed by atoms with E-state index in [1.807, 2.05) is 0 Å². The zero-order valence-electron chi connectivity index (χ0n) is 12.3. The highest BCUT2D eigenvalue weighted by Gasteiger charge is 2.29. The van der Waals surface area contributed by atoms with E-state index in [4.69, 9.17) is 0 Å². The average molecular weight is 287 g/mol. The van der Waals surface area contributed by atoms with E-state index in [-0.39, 0.29) is 0 Å². The third-order valence-corrected chi connectivity index (χ3v) is 3.42. The van der Waals surface area contributed by atoms with Crippen molar-refractivity contribution < 1.29 is 13.2 Å². The van der Waals surface area contributed by atoms with Crippen LogP contribution in [-0.4, -0.2) is 6.54 Å². The molecule has 0 saturated carbocycles. The first-order valence-electron chi connectivity index (χ1n) is 7.34. The molecule has 0 aliphatic heterocycles. The first-order chi connectivity index (χ1) is 9.43. The third-order valence-electron chi connectivity index (χ3n) is 3.42. The molecule has 1 N–H and O–H groups in total. The van der Waals surface area contributed by atoms with Gasteiger partial charge in [-0.3, -0.25) is 0 Å². The van der Waals surface area contributed by atoms with Crippen LogP contribution < -0.4 is 5.32 Å². The number of hydrogen-bond donors (Lipinski definition) is 1. The molecule has 1 atom stereocenters. The van der Waals surface area contributed by atoms with E-state index in [9.17, 15) is 13.2 Å². The van der Waals surface area contributed by atoms with Gasteiger partial charge in [0.25, 0.3) is 0 Å². The Kier molecular flexibility index (Phi) is 6.89. The molecule has 0 aliphatic carbocycles. The molecule has 0 spiro atoms. The molecule has 0 heterocycles. The van der Waals surface area contributed by atoms with Gasteiger partial charge in [0.15, 0.2) is 0 Å². The Morgan fingerprint density at radius 1 is 1.05 bits per heavy atom. The molecule has 1 unspecified atom stereocenters. The summed E-state index contributed by atoms with van der Waals surface area (Å²) >= 11 is 0. The number of anilines is 1. The largest absolute Gasteiger partial charge is 0.416 e. The highest BCUT2D eigenvalue weighted by molar-refractivity contribution is 5.45. The van der Waals surface area contributed by atoms with E-state index in [2.05, 4.69) is 19.2 Å². The van der Waals surface area contributed by atoms with Crippen LogP contribution in [0.5, 0.6) is 0 Å². The molecular formula is C16H24F3N. The molecule has 0 amide bonds. The Morgan fingerprint density at radius 2 is 1.70 bits per heavy atom. The molecule has 0 aromatic heterocycles. The SMILES string of the molecule is CCCCCCC(C)CNc1ccc(C(F)(F)F)cc1. The second kappa shape index (κ2) is 8.18. The molecule has 0 radical (unpaired) electrons. The zero-order valence-corrected chi connectivity index (χ0v) is 12.3. The zero-order chi connectivity index (χ0) is 15.0. The number of unbranched alkanes of at least 4 members (excludes halogenated alkanes) is 3. The van der Waals surface area contributed by atoms with Crippen LogP contribution in [0.15, 0.2) is 24.3 Å². The average Bonchev–Trinajstić information content (AvgIpc) is 2.41. The van der Waals surface area contributed by atoms with Gasteiger partial charge in [0.05, 0.1) is 5.56 Å². The maximum absolute atomic E-state index is 12.4. The van der Waals surface area contributed by atoms with Gasteiger partial charge in [0, 0.05) is 12.2 Å². The molecule has 4 heteroatoms. The summed E-state index contributed by atoms with van der Waals surface area (Å²) in [5.41, 5.74) is 0.147. The van der Waals surface area contributed by atoms with E-state index in [1.54, 1.807) is 0 Å². The standard InChI is InChI=1S/C16H24F3N/c1-3-4-5-6-7-13(2)12-20-15-10-8-14(9-11-15)16(17,18)19/h8-11,13,20H,3-7,12H2,1-2H3. The van der Waals surface area contributed by atoms with Gasteiger partial charge in [-0.2, -0.15) is 13.2 Å². The smallest absolute Gasteiger partial charge is 0.385 e. The number of rotatable bonds is 8. The lowest BCUT2D eigenvalue weighted by Gasteiger charge is -2.14. The molecule has 20 heavy (non-hydrogen) atoms. The summed E-state index contributed by atoms with van der Waals surface area (Å²) in [6.07, 6.45) is 1.90. The van der Waals surface area contributed by atoms with Gasteiger partial charge in [0.1, 0.15) is 0 Å². The van der Waals surface area contributed by atoms with Crippen molar-refractivity contribution in [3.8, 4) is 0 Å². The molecule has 1 rings (SSSR count). The van der Waals surface area contributed by atoms with Crippen molar-refractivity contribution in [2.45, 2.75) is 52.1 Å². The van der Waals surface area contributed by atoms with Crippen LogP contribution in [0.2, 0.25) is 0 Å². The molecule has 0 aliphatic rings. The maximum Gasteiger partial charge on any atom is 0.416 e. The fraction of sp³-hybridized carbons (Fsp3) is 0.625. The minimum Gasteiger partial charge on any atom is -0.385 e. The van der Waals surface area contributed by atoms with Gasteiger partial charge >= 0.3 is 6.18 Å². The van der Waals surface area contributed by atoms with Gasteiger partial charge in [-0.15, -0.1) is 0 Å². The van der Waals surface area contributed by atoms with Crippen LogP contribution in [0.4, 0.5) is 18.9 Å². The van der Waals surface area contributed by atoms with E-state index >= 15 is 0 Å². The first kappa shape index (κ1) is 16.9. The maximum atomic E-state index is 12.4. The molecule has 114 valence electrons. The minimum absolute atomic E-state index is 0.536. The van der Waals surface area contributed by atoms with Crippen LogP contribution >= 0.6 is 0 Å². The fourth-order valence-electron chi connectivity index (χ4n) is 2.09. The summed E-state index contributed by atoms with van der Waals surface area (Å²) in [6.45, 7) is 5.16. The summed E-state index contributed by atoms with van der Waals surface area (Å²) in [6, 6.07) is 5.22. The van der Waals surface area contributed by atoms with Crippen molar-refractivity contribution >= 4 is 5.69 Å². The van der Waals surface area contributed by atoms with Crippen molar-refractivity contribution in [2.75, 3.05) is 11.9 Å². The molecule has 1 aromatic rings. The predicted molar refractivity (Wildman–Crippen MR) is 77.9 cm³/mol. The number of benzene rings is 1. The monoisotopic (exact) mass is 287 g/mol. The molecular weight excluding hydrogens is 263 g/mol. The number of hydrogen-bond acceptors (Lipinski definition) is 1. The van der Waals surface area contributed by atoms with Crippen LogP contribution in [0, 0.1) is 5.92 Å². The molecule has 0 saturated heterocycles. The summed E-state index contributed by atoms with van der Waals surface area (Å²) < 4.78 is 37.2. The lowest BCUT2D eigenvalue weighted by atomic mass is 10.0. The highest BCUT2D eigenvalue weighted by atomic mass is 19.4. The van der Waals surface area contributed by atoms with Gasteiger partial charge < -0.3 is 5.32 Å². The van der Waals surface area contributed by atoms with Crippen LogP contribution in [0.3, 0.4) is 0 Å². The van der Waals surface area contributed by atoms with E-state index in [0.717, 1.165) is 30.8 Å². The number of halogens is 3. The summed E-state index contributed by atoms with van der Waals surface area (Å²) in [5.74, 6) is 0.536. The number of nitrogens with one attached hydrogen (secondary N) is 1. The second-order valence-corrected chi connectivity index (χ2v) is 5.41. The van der Waals surface area contributed by atoms with Crippen molar-refractivity contribution in [1.82, 2.24) is 0 Å². The first-order valence-corrected chi connectivity index (χ1v) is 7.34. The van der Waals surface area contributed by atoms with Crippen LogP contribution in [-0.2, 0) is 6.18 Å². The van der Waals surface area contributed by atoms with Crippen molar-refractivity contribution in [3.05, 3.63) is 29.8 Å². The second-order valence-electron chi connectivity index (χ2n) is 5.41. The van der Waals surface area contributed by atoms with Gasteiger partial charge in [-0.05, 0) is 36.6 Å². The normalized spacial score (nSPS) is 13.2. The van der Waals surface area contributed by atoms with Crippen LogP contribution in [0.1, 0.15) is 51.5 Å². The van der Waals surface area contributed by atoms with Gasteiger partial charge in [0.2, 0.25) is 0 Å². The van der Waals surface area contributed by atoms with E-state index in [0.29, 0.717) is 5.92 Å². The Morgan fingerprint density at radius 3 is 2.25 bits per heavy atom. The van der Waals surface area contributed by atoms with Crippen molar-refractivity contribution in [2.24, 2.45) is 5.92 Å². The Bertz CT molecular complexity index is 370. The van der Waals surface area contributed by atoms with E-state index in [1.165, 1.54) is 37.8 Å². The Hall–Kier alpha value is -1.19.